The van der Waals surface area contributed by atoms with E-state index in [4.69, 9.17) is 19.2 Å². The van der Waals surface area contributed by atoms with Gasteiger partial charge in [-0.2, -0.15) is 0 Å². The summed E-state index contributed by atoms with van der Waals surface area (Å²) in [5.74, 6) is 3.25. The van der Waals surface area contributed by atoms with Crippen molar-refractivity contribution < 1.29 is 14.2 Å². The van der Waals surface area contributed by atoms with Gasteiger partial charge in [0, 0.05) is 45.3 Å². The van der Waals surface area contributed by atoms with Gasteiger partial charge in [-0.05, 0) is 37.6 Å². The number of aliphatic imine (C=N–C) groups is 1. The lowest BCUT2D eigenvalue weighted by Gasteiger charge is -2.40. The highest BCUT2D eigenvalue weighted by atomic mass is 16.5. The van der Waals surface area contributed by atoms with Crippen LogP contribution in [0.15, 0.2) is 17.1 Å². The van der Waals surface area contributed by atoms with Crippen LogP contribution >= 0.6 is 0 Å². The van der Waals surface area contributed by atoms with Crippen molar-refractivity contribution in [2.24, 2.45) is 10.9 Å². The zero-order valence-electron chi connectivity index (χ0n) is 20.3. The van der Waals surface area contributed by atoms with Crippen molar-refractivity contribution in [1.82, 2.24) is 20.4 Å². The van der Waals surface area contributed by atoms with Crippen LogP contribution in [0.25, 0.3) is 0 Å². The molecule has 8 heteroatoms. The third kappa shape index (κ3) is 7.18. The summed E-state index contributed by atoms with van der Waals surface area (Å²) in [7, 11) is 7.05. The maximum atomic E-state index is 5.46. The number of ether oxygens (including phenoxy) is 3. The molecule has 1 unspecified atom stereocenters. The molecule has 0 bridgehead atoms. The second-order valence-electron chi connectivity index (χ2n) is 8.26. The number of benzene rings is 1. The number of piperazine rings is 1. The SMILES string of the molecule is CCNC(=NCc1cc(OC)c(OC)c(OC)c1)NCC(C(C)C)N1CCN(C)CC1. The van der Waals surface area contributed by atoms with Crippen LogP contribution in [0.2, 0.25) is 0 Å². The minimum Gasteiger partial charge on any atom is -0.493 e. The number of methoxy groups -OCH3 is 3. The molecule has 0 saturated carbocycles. The van der Waals surface area contributed by atoms with E-state index >= 15 is 0 Å². The van der Waals surface area contributed by atoms with Gasteiger partial charge in [0.2, 0.25) is 5.75 Å². The van der Waals surface area contributed by atoms with Gasteiger partial charge in [-0.3, -0.25) is 4.90 Å². The second-order valence-corrected chi connectivity index (χ2v) is 8.26. The topological polar surface area (TPSA) is 70.6 Å². The summed E-state index contributed by atoms with van der Waals surface area (Å²) in [5.41, 5.74) is 0.992. The van der Waals surface area contributed by atoms with Crippen molar-refractivity contribution >= 4 is 5.96 Å². The third-order valence-electron chi connectivity index (χ3n) is 5.74. The third-order valence-corrected chi connectivity index (χ3v) is 5.74. The lowest BCUT2D eigenvalue weighted by atomic mass is 10.0. The Kier molecular flexibility index (Phi) is 10.2. The van der Waals surface area contributed by atoms with Gasteiger partial charge < -0.3 is 29.7 Å². The molecule has 1 heterocycles. The molecular weight excluding hydrogens is 394 g/mol. The van der Waals surface area contributed by atoms with Crippen LogP contribution < -0.4 is 24.8 Å². The van der Waals surface area contributed by atoms with Gasteiger partial charge in [-0.15, -0.1) is 0 Å². The summed E-state index contributed by atoms with van der Waals surface area (Å²) in [4.78, 5) is 9.79. The van der Waals surface area contributed by atoms with E-state index < -0.39 is 0 Å². The van der Waals surface area contributed by atoms with Gasteiger partial charge in [0.1, 0.15) is 0 Å². The van der Waals surface area contributed by atoms with Crippen molar-refractivity contribution in [3.05, 3.63) is 17.7 Å². The summed E-state index contributed by atoms with van der Waals surface area (Å²) < 4.78 is 16.3. The quantitative estimate of drug-likeness (QED) is 0.430. The summed E-state index contributed by atoms with van der Waals surface area (Å²) in [5, 5.41) is 6.92. The summed E-state index contributed by atoms with van der Waals surface area (Å²) >= 11 is 0. The van der Waals surface area contributed by atoms with Crippen molar-refractivity contribution in [3.8, 4) is 17.2 Å². The molecule has 0 spiro atoms. The van der Waals surface area contributed by atoms with E-state index in [1.807, 2.05) is 12.1 Å². The Morgan fingerprint density at radius 1 is 1.00 bits per heavy atom. The molecule has 2 rings (SSSR count). The summed E-state index contributed by atoms with van der Waals surface area (Å²) in [6.07, 6.45) is 0. The number of guanidine groups is 1. The monoisotopic (exact) mass is 435 g/mol. The molecule has 0 aromatic heterocycles. The van der Waals surface area contributed by atoms with E-state index in [1.165, 1.54) is 0 Å². The number of hydrogen-bond donors (Lipinski definition) is 2. The molecule has 0 radical (unpaired) electrons. The first-order chi connectivity index (χ1) is 14.9. The van der Waals surface area contributed by atoms with Crippen molar-refractivity contribution in [2.75, 3.05) is 67.6 Å². The van der Waals surface area contributed by atoms with Crippen LogP contribution in [-0.2, 0) is 6.54 Å². The molecule has 0 amide bonds. The fourth-order valence-electron chi connectivity index (χ4n) is 3.88. The highest BCUT2D eigenvalue weighted by Crippen LogP contribution is 2.38. The van der Waals surface area contributed by atoms with Crippen molar-refractivity contribution in [1.29, 1.82) is 0 Å². The van der Waals surface area contributed by atoms with Gasteiger partial charge in [0.05, 0.1) is 27.9 Å². The zero-order chi connectivity index (χ0) is 22.8. The van der Waals surface area contributed by atoms with E-state index in [-0.39, 0.29) is 0 Å². The molecular formula is C23H41N5O3. The smallest absolute Gasteiger partial charge is 0.203 e. The number of hydrogen-bond acceptors (Lipinski definition) is 6. The van der Waals surface area contributed by atoms with Crippen LogP contribution in [0.5, 0.6) is 17.2 Å². The van der Waals surface area contributed by atoms with Gasteiger partial charge in [-0.1, -0.05) is 13.8 Å². The minimum atomic E-state index is 0.471. The van der Waals surface area contributed by atoms with Crippen LogP contribution in [-0.4, -0.2) is 89.4 Å². The van der Waals surface area contributed by atoms with Crippen LogP contribution in [0.1, 0.15) is 26.3 Å². The molecule has 8 nitrogen and oxygen atoms in total. The van der Waals surface area contributed by atoms with Gasteiger partial charge in [0.25, 0.3) is 0 Å². The first-order valence-corrected chi connectivity index (χ1v) is 11.2. The molecule has 1 atom stereocenters. The van der Waals surface area contributed by atoms with Gasteiger partial charge in [0.15, 0.2) is 17.5 Å². The van der Waals surface area contributed by atoms with E-state index in [0.29, 0.717) is 35.8 Å². The average molecular weight is 436 g/mol. The molecule has 1 aromatic carbocycles. The predicted molar refractivity (Wildman–Crippen MR) is 127 cm³/mol. The Hall–Kier alpha value is -2.19. The van der Waals surface area contributed by atoms with Crippen LogP contribution in [0, 0.1) is 5.92 Å². The predicted octanol–water partition coefficient (Wildman–Crippen LogP) is 2.04. The van der Waals surface area contributed by atoms with E-state index in [2.05, 4.69) is 48.3 Å². The van der Waals surface area contributed by atoms with Gasteiger partial charge >= 0.3 is 0 Å². The Morgan fingerprint density at radius 3 is 2.10 bits per heavy atom. The molecule has 0 aliphatic carbocycles. The zero-order valence-corrected chi connectivity index (χ0v) is 20.3. The number of rotatable bonds is 10. The second kappa shape index (κ2) is 12.6. The highest BCUT2D eigenvalue weighted by Gasteiger charge is 2.25. The normalized spacial score (nSPS) is 16.8. The first-order valence-electron chi connectivity index (χ1n) is 11.2. The molecule has 1 aromatic rings. The standard InChI is InChI=1S/C23H41N5O3/c1-8-24-23(26-16-19(17(2)3)28-11-9-27(4)10-12-28)25-15-18-13-20(29-5)22(31-7)21(14-18)30-6/h13-14,17,19H,8-12,15-16H2,1-7H3,(H2,24,25,26). The molecule has 2 N–H and O–H groups in total. The largest absolute Gasteiger partial charge is 0.493 e. The van der Waals surface area contributed by atoms with Crippen LogP contribution in [0.3, 0.4) is 0 Å². The number of likely N-dealkylation sites (N-methyl/N-ethyl adjacent to an activating group) is 1. The van der Waals surface area contributed by atoms with Crippen molar-refractivity contribution in [3.63, 3.8) is 0 Å². The average Bonchev–Trinajstić information content (AvgIpc) is 2.77. The lowest BCUT2D eigenvalue weighted by Crippen LogP contribution is -2.55. The Balaban J connectivity index is 2.09. The molecule has 1 fully saturated rings. The molecule has 1 aliphatic heterocycles. The van der Waals surface area contributed by atoms with E-state index in [9.17, 15) is 0 Å². The summed E-state index contributed by atoms with van der Waals surface area (Å²) in [6, 6.07) is 4.35. The summed E-state index contributed by atoms with van der Waals surface area (Å²) in [6.45, 7) is 13.3. The van der Waals surface area contributed by atoms with E-state index in [1.54, 1.807) is 21.3 Å². The van der Waals surface area contributed by atoms with E-state index in [0.717, 1.165) is 50.8 Å². The van der Waals surface area contributed by atoms with Crippen LogP contribution in [0.4, 0.5) is 0 Å². The maximum absolute atomic E-state index is 5.46. The molecule has 176 valence electrons. The Labute approximate surface area is 187 Å². The number of nitrogens with one attached hydrogen (secondary N) is 2. The fraction of sp³-hybridized carbons (Fsp3) is 0.696. The Morgan fingerprint density at radius 2 is 1.61 bits per heavy atom. The maximum Gasteiger partial charge on any atom is 0.203 e. The number of nitrogens with zero attached hydrogens (tertiary/aromatic N) is 3. The Bertz CT molecular complexity index is 677. The molecule has 31 heavy (non-hydrogen) atoms. The minimum absolute atomic E-state index is 0.471. The fourth-order valence-corrected chi connectivity index (χ4v) is 3.88. The lowest BCUT2D eigenvalue weighted by molar-refractivity contribution is 0.0900. The van der Waals surface area contributed by atoms with Gasteiger partial charge in [-0.25, -0.2) is 4.99 Å². The molecule has 1 saturated heterocycles. The van der Waals surface area contributed by atoms with Crippen molar-refractivity contribution in [2.45, 2.75) is 33.4 Å². The highest BCUT2D eigenvalue weighted by molar-refractivity contribution is 5.79. The molecule has 1 aliphatic rings. The first kappa shape index (κ1) is 25.1.